The first-order valence-corrected chi connectivity index (χ1v) is 9.59. The second kappa shape index (κ2) is 6.93. The van der Waals surface area contributed by atoms with Crippen molar-refractivity contribution in [2.24, 2.45) is 0 Å². The third kappa shape index (κ3) is 3.57. The molecular formula is C16H15BrN2O5S. The topological polar surface area (TPSA) is 84.9 Å². The number of nitrogens with one attached hydrogen (secondary N) is 1. The van der Waals surface area contributed by atoms with Crippen LogP contribution in [0.4, 0.5) is 16.2 Å². The van der Waals surface area contributed by atoms with E-state index in [0.717, 1.165) is 0 Å². The van der Waals surface area contributed by atoms with Crippen LogP contribution < -0.4 is 14.4 Å². The predicted octanol–water partition coefficient (Wildman–Crippen LogP) is 3.22. The summed E-state index contributed by atoms with van der Waals surface area (Å²) in [4.78, 5) is 13.2. The van der Waals surface area contributed by atoms with Crippen LogP contribution in [0.2, 0.25) is 0 Å². The number of sulfonamides is 1. The third-order valence-corrected chi connectivity index (χ3v) is 5.50. The van der Waals surface area contributed by atoms with Crippen molar-refractivity contribution in [3.8, 4) is 5.75 Å². The molecule has 1 N–H and O–H groups in total. The quantitative estimate of drug-likeness (QED) is 0.792. The lowest BCUT2D eigenvalue weighted by molar-refractivity contribution is 0.181. The second-order valence-corrected chi connectivity index (χ2v) is 7.75. The van der Waals surface area contributed by atoms with Gasteiger partial charge in [0.2, 0.25) is 0 Å². The summed E-state index contributed by atoms with van der Waals surface area (Å²) in [5.41, 5.74) is 0.714. The fourth-order valence-electron chi connectivity index (χ4n) is 2.47. The van der Waals surface area contributed by atoms with Gasteiger partial charge in [0.25, 0.3) is 10.0 Å². The molecule has 0 spiro atoms. The number of amides is 1. The van der Waals surface area contributed by atoms with Crippen molar-refractivity contribution in [3.05, 3.63) is 46.9 Å². The minimum Gasteiger partial charge on any atom is -0.495 e. The smallest absolute Gasteiger partial charge is 0.414 e. The highest BCUT2D eigenvalue weighted by Gasteiger charge is 2.28. The largest absolute Gasteiger partial charge is 0.495 e. The molecule has 0 aliphatic carbocycles. The number of ether oxygens (including phenoxy) is 2. The zero-order chi connectivity index (χ0) is 18.0. The van der Waals surface area contributed by atoms with Crippen LogP contribution in [-0.2, 0) is 14.8 Å². The number of para-hydroxylation sites is 2. The number of methoxy groups -OCH3 is 1. The maximum absolute atomic E-state index is 12.8. The van der Waals surface area contributed by atoms with Gasteiger partial charge in [-0.3, -0.25) is 9.62 Å². The normalized spacial score (nSPS) is 14.3. The van der Waals surface area contributed by atoms with Gasteiger partial charge in [-0.15, -0.1) is 0 Å². The van der Waals surface area contributed by atoms with Crippen LogP contribution in [0.3, 0.4) is 0 Å². The van der Waals surface area contributed by atoms with Crippen LogP contribution in [0.1, 0.15) is 0 Å². The first-order valence-electron chi connectivity index (χ1n) is 7.32. The van der Waals surface area contributed by atoms with E-state index in [0.29, 0.717) is 16.7 Å². The standard InChI is InChI=1S/C16H15BrN2O5S/c1-23-14-7-6-11(17)10-15(14)25(21,22)18-12-4-2-3-5-13(12)19-8-9-24-16(19)20/h2-7,10,18H,8-9H2,1H3. The molecule has 0 unspecified atom stereocenters. The highest BCUT2D eigenvalue weighted by molar-refractivity contribution is 9.10. The molecule has 1 heterocycles. The SMILES string of the molecule is COc1ccc(Br)cc1S(=O)(=O)Nc1ccccc1N1CCOC1=O. The maximum Gasteiger partial charge on any atom is 0.414 e. The van der Waals surface area contributed by atoms with Gasteiger partial charge >= 0.3 is 6.09 Å². The van der Waals surface area contributed by atoms with Gasteiger partial charge in [0, 0.05) is 4.47 Å². The van der Waals surface area contributed by atoms with Crippen molar-refractivity contribution in [3.63, 3.8) is 0 Å². The highest BCUT2D eigenvalue weighted by Crippen LogP contribution is 2.33. The summed E-state index contributed by atoms with van der Waals surface area (Å²) >= 11 is 3.26. The van der Waals surface area contributed by atoms with Crippen LogP contribution in [0.15, 0.2) is 51.8 Å². The summed E-state index contributed by atoms with van der Waals surface area (Å²) in [6, 6.07) is 11.3. The number of rotatable bonds is 5. The Kier molecular flexibility index (Phi) is 4.87. The maximum atomic E-state index is 12.8. The van der Waals surface area contributed by atoms with E-state index in [1.165, 1.54) is 18.1 Å². The van der Waals surface area contributed by atoms with Gasteiger partial charge in [-0.05, 0) is 30.3 Å². The van der Waals surface area contributed by atoms with Crippen molar-refractivity contribution in [2.75, 3.05) is 29.9 Å². The molecule has 9 heteroatoms. The van der Waals surface area contributed by atoms with E-state index >= 15 is 0 Å². The zero-order valence-electron chi connectivity index (χ0n) is 13.2. The van der Waals surface area contributed by atoms with E-state index in [1.807, 2.05) is 0 Å². The Morgan fingerprint density at radius 1 is 1.24 bits per heavy atom. The average molecular weight is 427 g/mol. The fourth-order valence-corrected chi connectivity index (χ4v) is 4.25. The molecule has 1 fully saturated rings. The van der Waals surface area contributed by atoms with Crippen LogP contribution in [-0.4, -0.2) is 34.8 Å². The zero-order valence-corrected chi connectivity index (χ0v) is 15.6. The number of cyclic esters (lactones) is 1. The lowest BCUT2D eigenvalue weighted by Gasteiger charge is -2.19. The minimum atomic E-state index is -3.93. The van der Waals surface area contributed by atoms with Gasteiger partial charge in [-0.2, -0.15) is 0 Å². The molecule has 25 heavy (non-hydrogen) atoms. The molecule has 2 aromatic carbocycles. The fraction of sp³-hybridized carbons (Fsp3) is 0.188. The number of hydrogen-bond acceptors (Lipinski definition) is 5. The molecule has 132 valence electrons. The van der Waals surface area contributed by atoms with Crippen molar-refractivity contribution in [2.45, 2.75) is 4.90 Å². The van der Waals surface area contributed by atoms with Crippen molar-refractivity contribution >= 4 is 43.4 Å². The molecule has 3 rings (SSSR count). The Labute approximate surface area is 153 Å². The van der Waals surface area contributed by atoms with Gasteiger partial charge in [-0.25, -0.2) is 13.2 Å². The van der Waals surface area contributed by atoms with Gasteiger partial charge in [0.1, 0.15) is 17.3 Å². The number of nitrogens with zero attached hydrogens (tertiary/aromatic N) is 1. The minimum absolute atomic E-state index is 0.0109. The van der Waals surface area contributed by atoms with Gasteiger partial charge in [0.15, 0.2) is 0 Å². The molecule has 1 aliphatic rings. The summed E-state index contributed by atoms with van der Waals surface area (Å²) in [5.74, 6) is 0.216. The third-order valence-electron chi connectivity index (χ3n) is 3.62. The Morgan fingerprint density at radius 3 is 2.68 bits per heavy atom. The molecule has 1 amide bonds. The Bertz CT molecular complexity index is 916. The van der Waals surface area contributed by atoms with Crippen LogP contribution >= 0.6 is 15.9 Å². The van der Waals surface area contributed by atoms with Crippen LogP contribution in [0.5, 0.6) is 5.75 Å². The van der Waals surface area contributed by atoms with E-state index in [-0.39, 0.29) is 22.9 Å². The number of benzene rings is 2. The number of carbonyl (C=O) groups is 1. The molecule has 1 aliphatic heterocycles. The predicted molar refractivity (Wildman–Crippen MR) is 96.6 cm³/mol. The summed E-state index contributed by atoms with van der Waals surface area (Å²) < 4.78 is 38.9. The average Bonchev–Trinajstić information content (AvgIpc) is 3.01. The number of halogens is 1. The molecule has 0 aromatic heterocycles. The Morgan fingerprint density at radius 2 is 2.00 bits per heavy atom. The van der Waals surface area contributed by atoms with Crippen LogP contribution in [0, 0.1) is 0 Å². The first kappa shape index (κ1) is 17.6. The Balaban J connectivity index is 2.00. The number of carbonyl (C=O) groups excluding carboxylic acids is 1. The van der Waals surface area contributed by atoms with Gasteiger partial charge in [-0.1, -0.05) is 28.1 Å². The number of anilines is 2. The molecule has 1 saturated heterocycles. The van der Waals surface area contributed by atoms with E-state index in [2.05, 4.69) is 20.7 Å². The van der Waals surface area contributed by atoms with Crippen molar-refractivity contribution in [1.29, 1.82) is 0 Å². The molecule has 0 radical (unpaired) electrons. The lowest BCUT2D eigenvalue weighted by Crippen LogP contribution is -2.25. The van der Waals surface area contributed by atoms with Crippen LogP contribution in [0.25, 0.3) is 0 Å². The summed E-state index contributed by atoms with van der Waals surface area (Å²) in [7, 11) is -2.53. The van der Waals surface area contributed by atoms with Gasteiger partial charge in [0.05, 0.1) is 25.0 Å². The summed E-state index contributed by atoms with van der Waals surface area (Å²) in [5, 5.41) is 0. The molecule has 0 saturated carbocycles. The van der Waals surface area contributed by atoms with E-state index in [1.54, 1.807) is 36.4 Å². The highest BCUT2D eigenvalue weighted by atomic mass is 79.9. The lowest BCUT2D eigenvalue weighted by atomic mass is 10.2. The van der Waals surface area contributed by atoms with Crippen molar-refractivity contribution < 1.29 is 22.7 Å². The molecule has 0 bridgehead atoms. The number of hydrogen-bond donors (Lipinski definition) is 1. The second-order valence-electron chi connectivity index (χ2n) is 5.18. The molecular weight excluding hydrogens is 412 g/mol. The van der Waals surface area contributed by atoms with E-state index < -0.39 is 16.1 Å². The summed E-state index contributed by atoms with van der Waals surface area (Å²) in [6.45, 7) is 0.622. The summed E-state index contributed by atoms with van der Waals surface area (Å²) in [6.07, 6.45) is -0.508. The molecule has 0 atom stereocenters. The molecule has 2 aromatic rings. The first-order chi connectivity index (χ1) is 11.9. The Hall–Kier alpha value is -2.26. The van der Waals surface area contributed by atoms with E-state index in [9.17, 15) is 13.2 Å². The van der Waals surface area contributed by atoms with Crippen molar-refractivity contribution in [1.82, 2.24) is 0 Å². The molecule has 7 nitrogen and oxygen atoms in total. The van der Waals surface area contributed by atoms with Gasteiger partial charge < -0.3 is 9.47 Å². The monoisotopic (exact) mass is 426 g/mol. The van der Waals surface area contributed by atoms with E-state index in [4.69, 9.17) is 9.47 Å².